The van der Waals surface area contributed by atoms with Gasteiger partial charge in [-0.05, 0) is 40.0 Å². The van der Waals surface area contributed by atoms with Crippen molar-refractivity contribution >= 4 is 27.5 Å². The van der Waals surface area contributed by atoms with Crippen LogP contribution in [0.15, 0.2) is 22.7 Å². The Labute approximate surface area is 92.4 Å². The van der Waals surface area contributed by atoms with Crippen molar-refractivity contribution in [3.8, 4) is 0 Å². The van der Waals surface area contributed by atoms with Crippen LogP contribution in [0, 0.1) is 0 Å². The van der Waals surface area contributed by atoms with Gasteiger partial charge in [0.1, 0.15) is 0 Å². The molecule has 1 aromatic carbocycles. The van der Waals surface area contributed by atoms with Gasteiger partial charge in [-0.2, -0.15) is 0 Å². The lowest BCUT2D eigenvalue weighted by Crippen LogP contribution is -2.09. The summed E-state index contributed by atoms with van der Waals surface area (Å²) in [6.45, 7) is 2.13. The van der Waals surface area contributed by atoms with E-state index in [0.717, 1.165) is 27.9 Å². The van der Waals surface area contributed by atoms with Crippen molar-refractivity contribution < 1.29 is 0 Å². The third-order valence-electron chi connectivity index (χ3n) is 1.97. The average molecular weight is 263 g/mol. The maximum Gasteiger partial charge on any atom is 0.0548 e. The molecule has 0 saturated carbocycles. The van der Waals surface area contributed by atoms with E-state index in [4.69, 9.17) is 17.3 Å². The fourth-order valence-electron chi connectivity index (χ4n) is 1.22. The van der Waals surface area contributed by atoms with Gasteiger partial charge >= 0.3 is 0 Å². The first-order valence-corrected chi connectivity index (χ1v) is 5.52. The van der Waals surface area contributed by atoms with Crippen LogP contribution >= 0.6 is 27.5 Å². The first-order valence-electron chi connectivity index (χ1n) is 4.35. The Kier molecular flexibility index (Phi) is 4.23. The van der Waals surface area contributed by atoms with E-state index in [1.54, 1.807) is 0 Å². The predicted octanol–water partition coefficient (Wildman–Crippen LogP) is 3.90. The molecule has 0 aromatic heterocycles. The predicted molar refractivity (Wildman–Crippen MR) is 61.0 cm³/mol. The zero-order valence-corrected chi connectivity index (χ0v) is 9.90. The molecule has 3 heteroatoms. The lowest BCUT2D eigenvalue weighted by Gasteiger charge is -2.11. The van der Waals surface area contributed by atoms with Gasteiger partial charge in [-0.3, -0.25) is 0 Å². The minimum absolute atomic E-state index is 0.124. The van der Waals surface area contributed by atoms with E-state index in [2.05, 4.69) is 22.9 Å². The van der Waals surface area contributed by atoms with Crippen molar-refractivity contribution in [3.63, 3.8) is 0 Å². The Morgan fingerprint density at radius 2 is 2.23 bits per heavy atom. The van der Waals surface area contributed by atoms with Crippen molar-refractivity contribution in [1.29, 1.82) is 0 Å². The van der Waals surface area contributed by atoms with Crippen molar-refractivity contribution in [1.82, 2.24) is 0 Å². The zero-order chi connectivity index (χ0) is 9.84. The van der Waals surface area contributed by atoms with Crippen LogP contribution in [0.3, 0.4) is 0 Å². The number of hydrogen-bond acceptors (Lipinski definition) is 1. The maximum absolute atomic E-state index is 5.96. The van der Waals surface area contributed by atoms with E-state index < -0.39 is 0 Å². The summed E-state index contributed by atoms with van der Waals surface area (Å²) in [4.78, 5) is 0. The monoisotopic (exact) mass is 261 g/mol. The molecule has 1 atom stereocenters. The smallest absolute Gasteiger partial charge is 0.0548 e. The van der Waals surface area contributed by atoms with Crippen molar-refractivity contribution in [2.24, 2.45) is 5.73 Å². The van der Waals surface area contributed by atoms with Gasteiger partial charge in [0.2, 0.25) is 0 Å². The molecule has 2 N–H and O–H groups in total. The Morgan fingerprint density at radius 1 is 1.54 bits per heavy atom. The Bertz CT molecular complexity index is 288. The summed E-state index contributed by atoms with van der Waals surface area (Å²) in [5.41, 5.74) is 7.10. The second-order valence-electron chi connectivity index (χ2n) is 3.07. The molecule has 1 aromatic rings. The largest absolute Gasteiger partial charge is 0.324 e. The van der Waals surface area contributed by atoms with Crippen LogP contribution < -0.4 is 5.73 Å². The van der Waals surface area contributed by atoms with E-state index >= 15 is 0 Å². The normalized spacial score (nSPS) is 12.9. The first-order chi connectivity index (χ1) is 6.15. The number of halogens is 2. The molecule has 0 fully saturated rings. The third-order valence-corrected chi connectivity index (χ3v) is 3.19. The molecule has 0 aliphatic rings. The second-order valence-corrected chi connectivity index (χ2v) is 4.33. The highest BCUT2D eigenvalue weighted by atomic mass is 79.9. The standard InChI is InChI=1S/C10H13BrClN/c1-2-3-10(13)7-4-5-9(12)8(11)6-7/h4-6,10H,2-3,13H2,1H3. The van der Waals surface area contributed by atoms with E-state index in [9.17, 15) is 0 Å². The average Bonchev–Trinajstić information content (AvgIpc) is 2.10. The number of benzene rings is 1. The molecule has 1 unspecified atom stereocenters. The summed E-state index contributed by atoms with van der Waals surface area (Å²) < 4.78 is 0.915. The van der Waals surface area contributed by atoms with Gasteiger partial charge in [0.25, 0.3) is 0 Å². The highest BCUT2D eigenvalue weighted by Crippen LogP contribution is 2.26. The third kappa shape index (κ3) is 2.97. The minimum Gasteiger partial charge on any atom is -0.324 e. The SMILES string of the molecule is CCCC(N)c1ccc(Cl)c(Br)c1. The molecule has 1 nitrogen and oxygen atoms in total. The molecule has 0 aliphatic heterocycles. The molecule has 72 valence electrons. The van der Waals surface area contributed by atoms with E-state index in [1.807, 2.05) is 18.2 Å². The summed E-state index contributed by atoms with van der Waals surface area (Å²) in [5.74, 6) is 0. The molecule has 0 heterocycles. The zero-order valence-electron chi connectivity index (χ0n) is 7.56. The van der Waals surface area contributed by atoms with Gasteiger partial charge in [0.15, 0.2) is 0 Å². The quantitative estimate of drug-likeness (QED) is 0.878. The number of hydrogen-bond donors (Lipinski definition) is 1. The van der Waals surface area contributed by atoms with Crippen molar-refractivity contribution in [3.05, 3.63) is 33.3 Å². The highest BCUT2D eigenvalue weighted by Gasteiger charge is 2.06. The molecule has 1 rings (SSSR count). The summed E-state index contributed by atoms with van der Waals surface area (Å²) in [5, 5.41) is 0.729. The molecular weight excluding hydrogens is 249 g/mol. The summed E-state index contributed by atoms with van der Waals surface area (Å²) in [7, 11) is 0. The van der Waals surface area contributed by atoms with Crippen molar-refractivity contribution in [2.75, 3.05) is 0 Å². The fourth-order valence-corrected chi connectivity index (χ4v) is 1.73. The van der Waals surface area contributed by atoms with E-state index in [-0.39, 0.29) is 6.04 Å². The molecule has 13 heavy (non-hydrogen) atoms. The van der Waals surface area contributed by atoms with E-state index in [1.165, 1.54) is 0 Å². The van der Waals surface area contributed by atoms with Crippen LogP contribution in [0.5, 0.6) is 0 Å². The molecule has 0 bridgehead atoms. The van der Waals surface area contributed by atoms with Gasteiger partial charge in [-0.25, -0.2) is 0 Å². The number of nitrogens with two attached hydrogens (primary N) is 1. The Hall–Kier alpha value is -0.0500. The molecule has 0 amide bonds. The summed E-state index contributed by atoms with van der Waals surface area (Å²) in [6.07, 6.45) is 2.11. The molecular formula is C10H13BrClN. The highest BCUT2D eigenvalue weighted by molar-refractivity contribution is 9.10. The number of rotatable bonds is 3. The topological polar surface area (TPSA) is 26.0 Å². The Balaban J connectivity index is 2.84. The fraction of sp³-hybridized carbons (Fsp3) is 0.400. The van der Waals surface area contributed by atoms with Crippen LogP contribution in [0.1, 0.15) is 31.4 Å². The lowest BCUT2D eigenvalue weighted by atomic mass is 10.0. The molecule has 0 saturated heterocycles. The van der Waals surface area contributed by atoms with Gasteiger partial charge < -0.3 is 5.73 Å². The molecule has 0 spiro atoms. The van der Waals surface area contributed by atoms with Gasteiger partial charge in [-0.15, -0.1) is 0 Å². The van der Waals surface area contributed by atoms with Crippen LogP contribution in [0.25, 0.3) is 0 Å². The van der Waals surface area contributed by atoms with Crippen LogP contribution in [-0.4, -0.2) is 0 Å². The van der Waals surface area contributed by atoms with Crippen LogP contribution in [0.2, 0.25) is 5.02 Å². The van der Waals surface area contributed by atoms with Crippen LogP contribution in [0.4, 0.5) is 0 Å². The Morgan fingerprint density at radius 3 is 2.77 bits per heavy atom. The summed E-state index contributed by atoms with van der Waals surface area (Å²) >= 11 is 9.25. The molecule has 0 radical (unpaired) electrons. The van der Waals surface area contributed by atoms with Crippen molar-refractivity contribution in [2.45, 2.75) is 25.8 Å². The van der Waals surface area contributed by atoms with Gasteiger partial charge in [-0.1, -0.05) is 31.0 Å². The van der Waals surface area contributed by atoms with Crippen LogP contribution in [-0.2, 0) is 0 Å². The second kappa shape index (κ2) is 4.99. The maximum atomic E-state index is 5.96. The molecule has 0 aliphatic carbocycles. The van der Waals surface area contributed by atoms with Gasteiger partial charge in [0, 0.05) is 10.5 Å². The van der Waals surface area contributed by atoms with Gasteiger partial charge in [0.05, 0.1) is 5.02 Å². The van der Waals surface area contributed by atoms with E-state index in [0.29, 0.717) is 0 Å². The first kappa shape index (κ1) is 11.0. The lowest BCUT2D eigenvalue weighted by molar-refractivity contribution is 0.638. The summed E-state index contributed by atoms with van der Waals surface area (Å²) in [6, 6.07) is 5.96. The minimum atomic E-state index is 0.124.